The number of hydrogen-bond acceptors (Lipinski definition) is 5. The number of oxazole rings is 1. The van der Waals surface area contributed by atoms with Crippen molar-refractivity contribution in [1.29, 1.82) is 5.26 Å². The molecule has 0 fully saturated rings. The van der Waals surface area contributed by atoms with Gasteiger partial charge >= 0.3 is 0 Å². The normalized spacial score (nSPS) is 10.4. The molecule has 0 spiro atoms. The highest BCUT2D eigenvalue weighted by Crippen LogP contribution is 2.20. The number of thioether (sulfide) groups is 1. The Hall–Kier alpha value is -3.04. The number of carbonyl (C=O) groups excluding carboxylic acids is 1. The number of aryl methyl sites for hydroxylation is 1. The third-order valence-electron chi connectivity index (χ3n) is 4.37. The average molecular weight is 406 g/mol. The third kappa shape index (κ3) is 6.51. The van der Waals surface area contributed by atoms with Crippen LogP contribution in [0, 0.1) is 11.3 Å². The minimum atomic E-state index is 0.0397. The molecule has 1 amide bonds. The van der Waals surface area contributed by atoms with Crippen molar-refractivity contribution in [3.05, 3.63) is 77.8 Å². The van der Waals surface area contributed by atoms with Crippen LogP contribution in [0.4, 0.5) is 0 Å². The monoisotopic (exact) mass is 405 g/mol. The predicted molar refractivity (Wildman–Crippen MR) is 115 cm³/mol. The molecule has 2 aromatic carbocycles. The summed E-state index contributed by atoms with van der Waals surface area (Å²) in [4.78, 5) is 16.3. The number of nitrogens with zero attached hydrogens (tertiary/aromatic N) is 2. The van der Waals surface area contributed by atoms with Crippen molar-refractivity contribution in [3.8, 4) is 17.4 Å². The van der Waals surface area contributed by atoms with Crippen molar-refractivity contribution in [2.45, 2.75) is 25.0 Å². The maximum absolute atomic E-state index is 12.0. The fourth-order valence-corrected chi connectivity index (χ4v) is 3.71. The van der Waals surface area contributed by atoms with Crippen LogP contribution in [0.2, 0.25) is 0 Å². The van der Waals surface area contributed by atoms with Gasteiger partial charge in [0.1, 0.15) is 0 Å². The molecule has 5 nitrogen and oxygen atoms in total. The van der Waals surface area contributed by atoms with E-state index in [1.807, 2.05) is 54.6 Å². The van der Waals surface area contributed by atoms with E-state index >= 15 is 0 Å². The van der Waals surface area contributed by atoms with Gasteiger partial charge in [-0.05, 0) is 18.1 Å². The molecule has 0 atom stereocenters. The first-order valence-electron chi connectivity index (χ1n) is 9.59. The van der Waals surface area contributed by atoms with Gasteiger partial charge in [0.25, 0.3) is 0 Å². The van der Waals surface area contributed by atoms with Crippen LogP contribution in [0.3, 0.4) is 0 Å². The zero-order valence-electron chi connectivity index (χ0n) is 16.1. The topological polar surface area (TPSA) is 78.9 Å². The fraction of sp³-hybridized carbons (Fsp3) is 0.261. The summed E-state index contributed by atoms with van der Waals surface area (Å²) in [5, 5.41) is 12.0. The summed E-state index contributed by atoms with van der Waals surface area (Å²) < 4.78 is 5.76. The SMILES string of the molecule is N#Cc1ccccc1CSCCNC(=O)CCCc1ncc(-c2ccccc2)o1. The Morgan fingerprint density at radius 2 is 1.93 bits per heavy atom. The highest BCUT2D eigenvalue weighted by Gasteiger charge is 2.08. The van der Waals surface area contributed by atoms with E-state index in [-0.39, 0.29) is 5.91 Å². The van der Waals surface area contributed by atoms with E-state index in [0.29, 0.717) is 37.3 Å². The quantitative estimate of drug-likeness (QED) is 0.499. The van der Waals surface area contributed by atoms with Gasteiger partial charge in [0.15, 0.2) is 11.7 Å². The molecule has 148 valence electrons. The summed E-state index contributed by atoms with van der Waals surface area (Å²) >= 11 is 1.71. The van der Waals surface area contributed by atoms with Gasteiger partial charge in [-0.25, -0.2) is 4.98 Å². The molecular formula is C23H23N3O2S. The molecule has 0 saturated heterocycles. The third-order valence-corrected chi connectivity index (χ3v) is 5.38. The second-order valence-electron chi connectivity index (χ2n) is 6.51. The molecule has 1 aromatic heterocycles. The zero-order chi connectivity index (χ0) is 20.3. The van der Waals surface area contributed by atoms with Crippen molar-refractivity contribution >= 4 is 17.7 Å². The lowest BCUT2D eigenvalue weighted by Gasteiger charge is -2.06. The van der Waals surface area contributed by atoms with Gasteiger partial charge in [0, 0.05) is 36.5 Å². The number of nitrogens with one attached hydrogen (secondary N) is 1. The highest BCUT2D eigenvalue weighted by molar-refractivity contribution is 7.98. The number of rotatable bonds is 10. The molecule has 1 N–H and O–H groups in total. The van der Waals surface area contributed by atoms with Crippen molar-refractivity contribution in [2.75, 3.05) is 12.3 Å². The number of benzene rings is 2. The first-order chi connectivity index (χ1) is 14.3. The summed E-state index contributed by atoms with van der Waals surface area (Å²) in [7, 11) is 0. The summed E-state index contributed by atoms with van der Waals surface area (Å²) in [6.07, 6.45) is 3.51. The molecule has 6 heteroatoms. The fourth-order valence-electron chi connectivity index (χ4n) is 2.85. The molecule has 0 saturated carbocycles. The maximum Gasteiger partial charge on any atom is 0.220 e. The Balaban J connectivity index is 1.30. The van der Waals surface area contributed by atoms with Crippen molar-refractivity contribution in [3.63, 3.8) is 0 Å². The second-order valence-corrected chi connectivity index (χ2v) is 7.61. The molecule has 3 rings (SSSR count). The van der Waals surface area contributed by atoms with Crippen LogP contribution in [0.25, 0.3) is 11.3 Å². The molecule has 0 aliphatic rings. The first-order valence-corrected chi connectivity index (χ1v) is 10.7. The van der Waals surface area contributed by atoms with Crippen LogP contribution < -0.4 is 5.32 Å². The second kappa shape index (κ2) is 11.1. The van der Waals surface area contributed by atoms with E-state index in [4.69, 9.17) is 9.68 Å². The molecule has 0 radical (unpaired) electrons. The smallest absolute Gasteiger partial charge is 0.220 e. The lowest BCUT2D eigenvalue weighted by molar-refractivity contribution is -0.121. The molecule has 29 heavy (non-hydrogen) atoms. The Bertz CT molecular complexity index is 964. The summed E-state index contributed by atoms with van der Waals surface area (Å²) in [6.45, 7) is 0.620. The van der Waals surface area contributed by atoms with E-state index < -0.39 is 0 Å². The average Bonchev–Trinajstić information content (AvgIpc) is 3.23. The number of carbonyl (C=O) groups is 1. The van der Waals surface area contributed by atoms with Crippen LogP contribution in [0.1, 0.15) is 29.9 Å². The predicted octanol–water partition coefficient (Wildman–Crippen LogP) is 4.59. The van der Waals surface area contributed by atoms with E-state index in [2.05, 4.69) is 16.4 Å². The summed E-state index contributed by atoms with van der Waals surface area (Å²) in [6, 6.07) is 19.7. The largest absolute Gasteiger partial charge is 0.441 e. The Morgan fingerprint density at radius 1 is 1.14 bits per heavy atom. The number of aromatic nitrogens is 1. The minimum Gasteiger partial charge on any atom is -0.441 e. The van der Waals surface area contributed by atoms with Crippen LogP contribution in [0.15, 0.2) is 65.2 Å². The number of hydrogen-bond donors (Lipinski definition) is 1. The van der Waals surface area contributed by atoms with Gasteiger partial charge < -0.3 is 9.73 Å². The Labute approximate surface area is 175 Å². The molecule has 0 aliphatic heterocycles. The highest BCUT2D eigenvalue weighted by atomic mass is 32.2. The molecule has 3 aromatic rings. The van der Waals surface area contributed by atoms with Crippen molar-refractivity contribution in [2.24, 2.45) is 0 Å². The lowest BCUT2D eigenvalue weighted by Crippen LogP contribution is -2.25. The van der Waals surface area contributed by atoms with E-state index in [1.165, 1.54) is 0 Å². The van der Waals surface area contributed by atoms with Crippen LogP contribution in [-0.2, 0) is 17.0 Å². The van der Waals surface area contributed by atoms with E-state index in [1.54, 1.807) is 18.0 Å². The van der Waals surface area contributed by atoms with Gasteiger partial charge in [-0.3, -0.25) is 4.79 Å². The van der Waals surface area contributed by atoms with Crippen LogP contribution in [0.5, 0.6) is 0 Å². The lowest BCUT2D eigenvalue weighted by atomic mass is 10.1. The van der Waals surface area contributed by atoms with Gasteiger partial charge in [0.05, 0.1) is 17.8 Å². The van der Waals surface area contributed by atoms with E-state index in [9.17, 15) is 4.79 Å². The van der Waals surface area contributed by atoms with Crippen LogP contribution in [-0.4, -0.2) is 23.2 Å². The maximum atomic E-state index is 12.0. The summed E-state index contributed by atoms with van der Waals surface area (Å²) in [5.41, 5.74) is 2.75. The van der Waals surface area contributed by atoms with Crippen molar-refractivity contribution in [1.82, 2.24) is 10.3 Å². The zero-order valence-corrected chi connectivity index (χ0v) is 17.0. The molecule has 0 unspecified atom stereocenters. The molecule has 0 bridgehead atoms. The number of nitriles is 1. The number of amides is 1. The van der Waals surface area contributed by atoms with Gasteiger partial charge in [0.2, 0.25) is 5.91 Å². The molecular weight excluding hydrogens is 382 g/mol. The van der Waals surface area contributed by atoms with Gasteiger partial charge in [-0.2, -0.15) is 17.0 Å². The molecule has 0 aliphatic carbocycles. The summed E-state index contributed by atoms with van der Waals surface area (Å²) in [5.74, 6) is 3.03. The van der Waals surface area contributed by atoms with Crippen molar-refractivity contribution < 1.29 is 9.21 Å². The first kappa shape index (κ1) is 20.7. The standard InChI is InChI=1S/C23H23N3O2S/c24-15-19-9-4-5-10-20(19)17-29-14-13-25-22(27)11-6-12-23-26-16-21(28-23)18-7-2-1-3-8-18/h1-5,7-10,16H,6,11-14,17H2,(H,25,27). The van der Waals surface area contributed by atoms with Crippen LogP contribution >= 0.6 is 11.8 Å². The van der Waals surface area contributed by atoms with E-state index in [0.717, 1.165) is 28.4 Å². The molecule has 1 heterocycles. The Kier molecular flexibility index (Phi) is 7.90. The van der Waals surface area contributed by atoms with Gasteiger partial charge in [-0.15, -0.1) is 0 Å². The Morgan fingerprint density at radius 3 is 2.76 bits per heavy atom. The minimum absolute atomic E-state index is 0.0397. The van der Waals surface area contributed by atoms with Gasteiger partial charge in [-0.1, -0.05) is 48.5 Å².